The summed E-state index contributed by atoms with van der Waals surface area (Å²) in [4.78, 5) is 9.81. The molecule has 9 aromatic rings. The van der Waals surface area contributed by atoms with E-state index in [1.165, 1.54) is 27.8 Å². The highest BCUT2D eigenvalue weighted by atomic mass is 16.5. The number of fused-ring (bicyclic) bond motifs is 9. The molecule has 0 amide bonds. The van der Waals surface area contributed by atoms with E-state index in [0.29, 0.717) is 5.84 Å². The first-order valence-electron chi connectivity index (χ1n) is 21.0. The molecule has 11 rings (SSSR count). The lowest BCUT2D eigenvalue weighted by Crippen LogP contribution is -2.32. The van der Waals surface area contributed by atoms with Gasteiger partial charge in [0, 0.05) is 22.9 Å². The van der Waals surface area contributed by atoms with Crippen LogP contribution in [0.1, 0.15) is 45.1 Å². The lowest BCUT2D eigenvalue weighted by molar-refractivity contribution is 0.436. The van der Waals surface area contributed by atoms with Crippen LogP contribution in [0.2, 0.25) is 0 Å². The molecule has 62 heavy (non-hydrogen) atoms. The molecular formula is C58H41N3O. The molecule has 1 unspecified atom stereocenters. The van der Waals surface area contributed by atoms with Crippen LogP contribution in [0.5, 0.6) is 11.5 Å². The Labute approximate surface area is 362 Å². The molecule has 4 nitrogen and oxygen atoms in total. The van der Waals surface area contributed by atoms with Crippen LogP contribution >= 0.6 is 0 Å². The van der Waals surface area contributed by atoms with Gasteiger partial charge in [-0.25, -0.2) is 9.98 Å². The van der Waals surface area contributed by atoms with Gasteiger partial charge in [-0.05, 0) is 91.0 Å². The Morgan fingerprint density at radius 2 is 0.935 bits per heavy atom. The van der Waals surface area contributed by atoms with Gasteiger partial charge < -0.3 is 10.5 Å². The molecule has 0 aromatic heterocycles. The van der Waals surface area contributed by atoms with Gasteiger partial charge in [0.15, 0.2) is 5.84 Å². The Morgan fingerprint density at radius 3 is 1.65 bits per heavy atom. The third-order valence-electron chi connectivity index (χ3n) is 12.3. The topological polar surface area (TPSA) is 60.0 Å². The summed E-state index contributed by atoms with van der Waals surface area (Å²) >= 11 is 0. The van der Waals surface area contributed by atoms with Crippen LogP contribution in [0.3, 0.4) is 0 Å². The average Bonchev–Trinajstić information content (AvgIpc) is 3.63. The van der Waals surface area contributed by atoms with Gasteiger partial charge in [0.05, 0.1) is 5.41 Å². The van der Waals surface area contributed by atoms with Crippen molar-refractivity contribution < 1.29 is 4.74 Å². The van der Waals surface area contributed by atoms with Gasteiger partial charge in [0.2, 0.25) is 0 Å². The summed E-state index contributed by atoms with van der Waals surface area (Å²) in [7, 11) is 0. The van der Waals surface area contributed by atoms with E-state index in [4.69, 9.17) is 20.5 Å². The molecule has 1 aliphatic carbocycles. The SMILES string of the molecule is NC(/N=C(\N=C\c1ccc(-c2ccccc2)cc1)c1ccccc1)c1ccc(-c2cccc(-c3ccc4c(c3)C3(c5ccccc5Oc5ccccc53)c3ccccc3-4)c2)cc1. The highest BCUT2D eigenvalue weighted by Crippen LogP contribution is 2.62. The zero-order chi connectivity index (χ0) is 41.5. The van der Waals surface area contributed by atoms with Crippen molar-refractivity contribution in [2.75, 3.05) is 0 Å². The monoisotopic (exact) mass is 795 g/mol. The van der Waals surface area contributed by atoms with Crippen LogP contribution in [0, 0.1) is 0 Å². The van der Waals surface area contributed by atoms with E-state index in [2.05, 4.69) is 188 Å². The molecule has 294 valence electrons. The summed E-state index contributed by atoms with van der Waals surface area (Å²) in [5, 5.41) is 0. The van der Waals surface area contributed by atoms with Crippen LogP contribution in [-0.2, 0) is 5.41 Å². The molecule has 0 fully saturated rings. The molecule has 1 atom stereocenters. The summed E-state index contributed by atoms with van der Waals surface area (Å²) in [6.07, 6.45) is 1.25. The lowest BCUT2D eigenvalue weighted by Gasteiger charge is -2.39. The van der Waals surface area contributed by atoms with Gasteiger partial charge in [-0.15, -0.1) is 0 Å². The Balaban J connectivity index is 0.901. The minimum absolute atomic E-state index is 0.512. The van der Waals surface area contributed by atoms with E-state index in [-0.39, 0.29) is 0 Å². The standard InChI is InChI=1S/C58H41N3O/c59-56(61-57(44-16-5-2-6-17-44)60-38-39-26-28-41(29-27-39)40-14-3-1-4-15-40)43-32-30-42(31-33-43)45-18-13-19-46(36-45)47-34-35-49-48-20-7-8-21-50(48)58(53(49)37-47)51-22-9-11-24-54(51)62-55-25-12-10-23-52(55)58/h1-38,56H,59H2/b60-38+,61-57-. The predicted molar refractivity (Wildman–Crippen MR) is 254 cm³/mol. The number of rotatable bonds is 7. The molecule has 9 aromatic carbocycles. The van der Waals surface area contributed by atoms with Gasteiger partial charge >= 0.3 is 0 Å². The minimum atomic E-state index is -0.605. The molecular weight excluding hydrogens is 755 g/mol. The number of nitrogens with zero attached hydrogens (tertiary/aromatic N) is 2. The number of hydrogen-bond donors (Lipinski definition) is 1. The van der Waals surface area contributed by atoms with Crippen LogP contribution in [0.25, 0.3) is 44.5 Å². The van der Waals surface area contributed by atoms with Crippen molar-refractivity contribution >= 4 is 12.1 Å². The first-order valence-corrected chi connectivity index (χ1v) is 21.0. The minimum Gasteiger partial charge on any atom is -0.457 e. The molecule has 1 spiro atoms. The van der Waals surface area contributed by atoms with Crippen molar-refractivity contribution in [2.24, 2.45) is 15.7 Å². The smallest absolute Gasteiger partial charge is 0.156 e. The molecule has 1 heterocycles. The molecule has 4 heteroatoms. The second kappa shape index (κ2) is 15.6. The van der Waals surface area contributed by atoms with E-state index in [1.54, 1.807) is 0 Å². The second-order valence-electron chi connectivity index (χ2n) is 15.9. The van der Waals surface area contributed by atoms with E-state index in [9.17, 15) is 0 Å². The fourth-order valence-electron chi connectivity index (χ4n) is 9.29. The number of nitrogens with two attached hydrogens (primary N) is 1. The van der Waals surface area contributed by atoms with Crippen LogP contribution < -0.4 is 10.5 Å². The van der Waals surface area contributed by atoms with Gasteiger partial charge in [0.25, 0.3) is 0 Å². The number of ether oxygens (including phenoxy) is 1. The van der Waals surface area contributed by atoms with Crippen molar-refractivity contribution in [2.45, 2.75) is 11.6 Å². The largest absolute Gasteiger partial charge is 0.457 e. The number of para-hydroxylation sites is 2. The summed E-state index contributed by atoms with van der Waals surface area (Å²) in [6, 6.07) is 78.8. The maximum Gasteiger partial charge on any atom is 0.156 e. The Morgan fingerprint density at radius 1 is 0.435 bits per heavy atom. The fraction of sp³-hybridized carbons (Fsp3) is 0.0345. The van der Waals surface area contributed by atoms with Crippen LogP contribution in [-0.4, -0.2) is 12.1 Å². The Bertz CT molecular complexity index is 3110. The summed E-state index contributed by atoms with van der Waals surface area (Å²) < 4.78 is 6.56. The second-order valence-corrected chi connectivity index (χ2v) is 15.9. The summed E-state index contributed by atoms with van der Waals surface area (Å²) in [5.41, 5.74) is 23.3. The summed E-state index contributed by atoms with van der Waals surface area (Å²) in [6.45, 7) is 0. The molecule has 0 saturated heterocycles. The maximum absolute atomic E-state index is 6.80. The average molecular weight is 796 g/mol. The van der Waals surface area contributed by atoms with Gasteiger partial charge in [-0.1, -0.05) is 200 Å². The molecule has 0 radical (unpaired) electrons. The van der Waals surface area contributed by atoms with Crippen molar-refractivity contribution in [3.05, 3.63) is 263 Å². The van der Waals surface area contributed by atoms with Gasteiger partial charge in [0.1, 0.15) is 17.7 Å². The van der Waals surface area contributed by atoms with Crippen molar-refractivity contribution in [1.82, 2.24) is 0 Å². The van der Waals surface area contributed by atoms with E-state index < -0.39 is 11.6 Å². The van der Waals surface area contributed by atoms with E-state index in [0.717, 1.165) is 67.1 Å². The Hall–Kier alpha value is -7.92. The van der Waals surface area contributed by atoms with Crippen molar-refractivity contribution in [3.8, 4) is 56.0 Å². The highest BCUT2D eigenvalue weighted by molar-refractivity contribution is 6.05. The van der Waals surface area contributed by atoms with Crippen LogP contribution in [0.15, 0.2) is 234 Å². The highest BCUT2D eigenvalue weighted by Gasteiger charge is 2.51. The lowest BCUT2D eigenvalue weighted by atomic mass is 9.66. The first kappa shape index (κ1) is 37.1. The summed E-state index contributed by atoms with van der Waals surface area (Å²) in [5.74, 6) is 2.36. The van der Waals surface area contributed by atoms with Gasteiger partial charge in [-0.2, -0.15) is 0 Å². The molecule has 2 aliphatic rings. The number of aliphatic imine (C=N–C) groups is 2. The van der Waals surface area contributed by atoms with Crippen LogP contribution in [0.4, 0.5) is 0 Å². The first-order chi connectivity index (χ1) is 30.6. The van der Waals surface area contributed by atoms with Gasteiger partial charge in [-0.3, -0.25) is 0 Å². The third-order valence-corrected chi connectivity index (χ3v) is 12.3. The molecule has 2 N–H and O–H groups in total. The number of hydrogen-bond acceptors (Lipinski definition) is 3. The quantitative estimate of drug-likeness (QED) is 0.129. The maximum atomic E-state index is 6.80. The predicted octanol–water partition coefficient (Wildman–Crippen LogP) is 13.7. The fourth-order valence-corrected chi connectivity index (χ4v) is 9.29. The van der Waals surface area contributed by atoms with E-state index in [1.807, 2.05) is 42.6 Å². The number of amidine groups is 1. The zero-order valence-corrected chi connectivity index (χ0v) is 33.9. The van der Waals surface area contributed by atoms with Crippen molar-refractivity contribution in [1.29, 1.82) is 0 Å². The third kappa shape index (κ3) is 6.46. The van der Waals surface area contributed by atoms with E-state index >= 15 is 0 Å². The molecule has 1 aliphatic heterocycles. The number of benzene rings is 9. The zero-order valence-electron chi connectivity index (χ0n) is 33.9. The van der Waals surface area contributed by atoms with Crippen molar-refractivity contribution in [3.63, 3.8) is 0 Å². The molecule has 0 saturated carbocycles. The Kier molecular flexibility index (Phi) is 9.33. The molecule has 0 bridgehead atoms. The normalized spacial score (nSPS) is 13.8.